The van der Waals surface area contributed by atoms with Crippen LogP contribution in [0.25, 0.3) is 0 Å². The van der Waals surface area contributed by atoms with Gasteiger partial charge in [-0.2, -0.15) is 0 Å². The topological polar surface area (TPSA) is 86.8 Å². The first-order valence-electron chi connectivity index (χ1n) is 12.8. The lowest BCUT2D eigenvalue weighted by Crippen LogP contribution is -2.54. The summed E-state index contributed by atoms with van der Waals surface area (Å²) in [6.45, 7) is 3.00. The Labute approximate surface area is 261 Å². The molecule has 7 nitrogen and oxygen atoms in total. The van der Waals surface area contributed by atoms with Crippen molar-refractivity contribution in [1.82, 2.24) is 10.2 Å². The molecule has 0 spiro atoms. The van der Waals surface area contributed by atoms with Crippen LogP contribution in [0, 0.1) is 0 Å². The van der Waals surface area contributed by atoms with E-state index in [1.165, 1.54) is 23.1 Å². The number of hydrogen-bond acceptors (Lipinski definition) is 4. The van der Waals surface area contributed by atoms with Crippen molar-refractivity contribution >= 4 is 73.9 Å². The first-order chi connectivity index (χ1) is 19.3. The Hall–Kier alpha value is -2.49. The molecule has 1 N–H and O–H groups in total. The predicted octanol–water partition coefficient (Wildman–Crippen LogP) is 6.62. The second-order valence-electron chi connectivity index (χ2n) is 9.61. The molecule has 0 saturated heterocycles. The number of nitrogens with one attached hydrogen (secondary N) is 1. The summed E-state index contributed by atoms with van der Waals surface area (Å²) in [6.07, 6.45) is 1.79. The molecular weight excluding hydrogens is 628 g/mol. The van der Waals surface area contributed by atoms with Crippen LogP contribution < -0.4 is 9.62 Å². The van der Waals surface area contributed by atoms with E-state index in [9.17, 15) is 18.0 Å². The number of hydrogen-bond donors (Lipinski definition) is 1. The average Bonchev–Trinajstić information content (AvgIpc) is 2.91. The fourth-order valence-electron chi connectivity index (χ4n) is 4.12. The molecule has 0 bridgehead atoms. The zero-order valence-electron chi connectivity index (χ0n) is 22.8. The first-order valence-corrected chi connectivity index (χ1v) is 16.2. The van der Waals surface area contributed by atoms with Crippen molar-refractivity contribution in [3.05, 3.63) is 97.9 Å². The van der Waals surface area contributed by atoms with E-state index in [-0.39, 0.29) is 34.7 Å². The largest absolute Gasteiger partial charge is 0.352 e. The lowest BCUT2D eigenvalue weighted by molar-refractivity contribution is -0.140. The van der Waals surface area contributed by atoms with Crippen LogP contribution >= 0.6 is 46.4 Å². The Morgan fingerprint density at radius 2 is 1.54 bits per heavy atom. The third-order valence-corrected chi connectivity index (χ3v) is 8.91. The number of sulfonamides is 1. The van der Waals surface area contributed by atoms with E-state index in [0.717, 1.165) is 16.1 Å². The monoisotopic (exact) mass is 657 g/mol. The van der Waals surface area contributed by atoms with Crippen LogP contribution in [-0.2, 0) is 32.6 Å². The Morgan fingerprint density at radius 3 is 2.12 bits per heavy atom. The minimum absolute atomic E-state index is 0.0365. The van der Waals surface area contributed by atoms with Gasteiger partial charge in [-0.05, 0) is 49.2 Å². The molecule has 0 heterocycles. The molecule has 0 radical (unpaired) electrons. The van der Waals surface area contributed by atoms with E-state index in [1.54, 1.807) is 18.2 Å². The summed E-state index contributed by atoms with van der Waals surface area (Å²) < 4.78 is 26.7. The number of benzene rings is 3. The third kappa shape index (κ3) is 9.00. The van der Waals surface area contributed by atoms with Crippen LogP contribution in [0.4, 0.5) is 5.69 Å². The average molecular weight is 659 g/mol. The van der Waals surface area contributed by atoms with Crippen molar-refractivity contribution in [3.8, 4) is 0 Å². The van der Waals surface area contributed by atoms with Gasteiger partial charge >= 0.3 is 0 Å². The molecule has 2 amide bonds. The molecular formula is C29H31Cl4N3O4S. The number of amides is 2. The van der Waals surface area contributed by atoms with Gasteiger partial charge in [0, 0.05) is 39.6 Å². The minimum Gasteiger partial charge on any atom is -0.352 e. The van der Waals surface area contributed by atoms with Crippen molar-refractivity contribution < 1.29 is 18.0 Å². The number of halogens is 4. The maximum Gasteiger partial charge on any atom is 0.244 e. The van der Waals surface area contributed by atoms with Crippen LogP contribution in [0.1, 0.15) is 31.4 Å². The molecule has 0 fully saturated rings. The number of anilines is 1. The van der Waals surface area contributed by atoms with Gasteiger partial charge in [0.25, 0.3) is 0 Å². The molecule has 0 aliphatic heterocycles. The zero-order valence-corrected chi connectivity index (χ0v) is 26.6. The van der Waals surface area contributed by atoms with Crippen LogP contribution in [0.15, 0.2) is 66.7 Å². The summed E-state index contributed by atoms with van der Waals surface area (Å²) in [4.78, 5) is 29.2. The van der Waals surface area contributed by atoms with E-state index in [2.05, 4.69) is 5.32 Å². The van der Waals surface area contributed by atoms with Crippen LogP contribution in [0.2, 0.25) is 20.1 Å². The Kier molecular flexibility index (Phi) is 11.8. The van der Waals surface area contributed by atoms with E-state index in [0.29, 0.717) is 22.0 Å². The zero-order chi connectivity index (χ0) is 30.3. The van der Waals surface area contributed by atoms with E-state index >= 15 is 0 Å². The lowest BCUT2D eigenvalue weighted by Gasteiger charge is -2.34. The quantitative estimate of drug-likeness (QED) is 0.237. The van der Waals surface area contributed by atoms with Gasteiger partial charge in [-0.15, -0.1) is 0 Å². The Bertz CT molecular complexity index is 1470. The standard InChI is InChI=1S/C29H31Cl4N3O4S/c1-4-19(2)34-29(38)27(15-20-9-6-5-7-10-20)35(17-22-23(31)11-8-12-24(22)32)28(37)18-36(41(3,39)40)26-16-21(30)13-14-25(26)33/h5-14,16,19,27H,4,15,17-18H2,1-3H3,(H,34,38)/t19-,27-/m0/s1. The highest BCUT2D eigenvalue weighted by Crippen LogP contribution is 2.32. The highest BCUT2D eigenvalue weighted by atomic mass is 35.5. The van der Waals surface area contributed by atoms with E-state index in [4.69, 9.17) is 46.4 Å². The normalized spacial score (nSPS) is 12.9. The molecule has 0 unspecified atom stereocenters. The second-order valence-corrected chi connectivity index (χ2v) is 13.2. The fourth-order valence-corrected chi connectivity index (χ4v) is 5.93. The number of carbonyl (C=O) groups is 2. The molecule has 0 aliphatic carbocycles. The third-order valence-electron chi connectivity index (χ3n) is 6.52. The minimum atomic E-state index is -4.01. The van der Waals surface area contributed by atoms with Gasteiger partial charge in [-0.3, -0.25) is 13.9 Å². The fraction of sp³-hybridized carbons (Fsp3) is 0.310. The maximum atomic E-state index is 14.2. The van der Waals surface area contributed by atoms with Crippen molar-refractivity contribution in [2.24, 2.45) is 0 Å². The molecule has 2 atom stereocenters. The van der Waals surface area contributed by atoms with Gasteiger partial charge in [0.05, 0.1) is 17.0 Å². The van der Waals surface area contributed by atoms with Gasteiger partial charge in [0.1, 0.15) is 12.6 Å². The molecule has 3 aromatic carbocycles. The van der Waals surface area contributed by atoms with Gasteiger partial charge in [-0.25, -0.2) is 8.42 Å². The summed E-state index contributed by atoms with van der Waals surface area (Å²) in [6, 6.07) is 17.3. The molecule has 3 aromatic rings. The number of carbonyl (C=O) groups excluding carboxylic acids is 2. The summed E-state index contributed by atoms with van der Waals surface area (Å²) >= 11 is 25.4. The number of nitrogens with zero attached hydrogens (tertiary/aromatic N) is 2. The molecule has 41 heavy (non-hydrogen) atoms. The van der Waals surface area contributed by atoms with Gasteiger partial charge in [-0.1, -0.05) is 89.7 Å². The van der Waals surface area contributed by atoms with E-state index < -0.39 is 34.4 Å². The Morgan fingerprint density at radius 1 is 0.902 bits per heavy atom. The summed E-state index contributed by atoms with van der Waals surface area (Å²) in [5, 5.41) is 3.89. The first kappa shape index (κ1) is 33.0. The summed E-state index contributed by atoms with van der Waals surface area (Å²) in [7, 11) is -4.01. The van der Waals surface area contributed by atoms with Gasteiger partial charge in [0.15, 0.2) is 0 Å². The predicted molar refractivity (Wildman–Crippen MR) is 167 cm³/mol. The maximum absolute atomic E-state index is 14.2. The molecule has 0 saturated carbocycles. The van der Waals surface area contributed by atoms with Crippen molar-refractivity contribution in [3.63, 3.8) is 0 Å². The van der Waals surface area contributed by atoms with Gasteiger partial charge in [0.2, 0.25) is 21.8 Å². The SMILES string of the molecule is CC[C@H](C)NC(=O)[C@H](Cc1ccccc1)N(Cc1c(Cl)cccc1Cl)C(=O)CN(c1cc(Cl)ccc1Cl)S(C)(=O)=O. The highest BCUT2D eigenvalue weighted by Gasteiger charge is 2.34. The van der Waals surface area contributed by atoms with Crippen molar-refractivity contribution in [2.75, 3.05) is 17.1 Å². The van der Waals surface area contributed by atoms with E-state index in [1.807, 2.05) is 44.2 Å². The summed E-state index contributed by atoms with van der Waals surface area (Å²) in [5.41, 5.74) is 1.26. The molecule has 220 valence electrons. The lowest BCUT2D eigenvalue weighted by atomic mass is 10.0. The van der Waals surface area contributed by atoms with Crippen LogP contribution in [0.5, 0.6) is 0 Å². The second kappa shape index (κ2) is 14.6. The smallest absolute Gasteiger partial charge is 0.244 e. The molecule has 12 heteroatoms. The molecule has 0 aromatic heterocycles. The van der Waals surface area contributed by atoms with Crippen molar-refractivity contribution in [1.29, 1.82) is 0 Å². The Balaban J connectivity index is 2.13. The van der Waals surface area contributed by atoms with Crippen LogP contribution in [-0.4, -0.2) is 50.0 Å². The van der Waals surface area contributed by atoms with Gasteiger partial charge < -0.3 is 10.2 Å². The van der Waals surface area contributed by atoms with Crippen molar-refractivity contribution in [2.45, 2.75) is 45.3 Å². The van der Waals surface area contributed by atoms with Crippen LogP contribution in [0.3, 0.4) is 0 Å². The molecule has 3 rings (SSSR count). The highest BCUT2D eigenvalue weighted by molar-refractivity contribution is 7.92. The molecule has 0 aliphatic rings. The number of rotatable bonds is 12. The summed E-state index contributed by atoms with van der Waals surface area (Å²) in [5.74, 6) is -1.06.